The Kier molecular flexibility index (Phi) is 6.10. The SMILES string of the molecule is CCOC(=O)C(F)n1ncc(N(C)CCOC)cc1=O. The number of esters is 1. The zero-order valence-corrected chi connectivity index (χ0v) is 11.7. The minimum Gasteiger partial charge on any atom is -0.462 e. The number of carbonyl (C=O) groups excluding carboxylic acids is 1. The second-order valence-electron chi connectivity index (χ2n) is 4.00. The maximum Gasteiger partial charge on any atom is 0.363 e. The van der Waals surface area contributed by atoms with Crippen LogP contribution in [0, 0.1) is 0 Å². The van der Waals surface area contributed by atoms with Crippen molar-refractivity contribution in [3.8, 4) is 0 Å². The van der Waals surface area contributed by atoms with Crippen LogP contribution in [0.15, 0.2) is 17.1 Å². The van der Waals surface area contributed by atoms with Gasteiger partial charge in [0.25, 0.3) is 11.9 Å². The Balaban J connectivity index is 2.88. The number of carbonyl (C=O) groups is 1. The number of anilines is 1. The highest BCUT2D eigenvalue weighted by atomic mass is 19.1. The summed E-state index contributed by atoms with van der Waals surface area (Å²) >= 11 is 0. The molecule has 0 amide bonds. The fourth-order valence-corrected chi connectivity index (χ4v) is 1.46. The summed E-state index contributed by atoms with van der Waals surface area (Å²) in [6.07, 6.45) is -0.927. The maximum atomic E-state index is 13.7. The summed E-state index contributed by atoms with van der Waals surface area (Å²) in [4.78, 5) is 24.7. The fourth-order valence-electron chi connectivity index (χ4n) is 1.46. The number of nitrogens with zero attached hydrogens (tertiary/aromatic N) is 3. The second-order valence-corrected chi connectivity index (χ2v) is 4.00. The third-order valence-corrected chi connectivity index (χ3v) is 2.58. The third kappa shape index (κ3) is 4.02. The lowest BCUT2D eigenvalue weighted by Gasteiger charge is -2.18. The smallest absolute Gasteiger partial charge is 0.363 e. The predicted molar refractivity (Wildman–Crippen MR) is 70.4 cm³/mol. The van der Waals surface area contributed by atoms with E-state index in [0.29, 0.717) is 23.5 Å². The van der Waals surface area contributed by atoms with Gasteiger partial charge in [0.15, 0.2) is 0 Å². The first kappa shape index (κ1) is 16.1. The van der Waals surface area contributed by atoms with Gasteiger partial charge in [-0.15, -0.1) is 0 Å². The Morgan fingerprint density at radius 2 is 2.30 bits per heavy atom. The molecule has 0 saturated carbocycles. The van der Waals surface area contributed by atoms with Crippen molar-refractivity contribution in [2.24, 2.45) is 0 Å². The molecule has 0 saturated heterocycles. The molecule has 0 aliphatic carbocycles. The largest absolute Gasteiger partial charge is 0.462 e. The number of likely N-dealkylation sites (N-methyl/N-ethyl adjacent to an activating group) is 1. The van der Waals surface area contributed by atoms with Gasteiger partial charge >= 0.3 is 5.97 Å². The molecule has 0 radical (unpaired) electrons. The first-order valence-electron chi connectivity index (χ1n) is 6.11. The van der Waals surface area contributed by atoms with Crippen molar-refractivity contribution in [1.82, 2.24) is 9.78 Å². The minimum absolute atomic E-state index is 0.0336. The van der Waals surface area contributed by atoms with Crippen LogP contribution in [0.25, 0.3) is 0 Å². The molecule has 0 spiro atoms. The number of hydrogen-bond donors (Lipinski definition) is 0. The highest BCUT2D eigenvalue weighted by molar-refractivity contribution is 5.72. The second kappa shape index (κ2) is 7.59. The van der Waals surface area contributed by atoms with Crippen molar-refractivity contribution < 1.29 is 18.7 Å². The van der Waals surface area contributed by atoms with Crippen molar-refractivity contribution in [2.75, 3.05) is 38.8 Å². The maximum absolute atomic E-state index is 13.7. The summed E-state index contributed by atoms with van der Waals surface area (Å²) in [5.41, 5.74) is -0.202. The van der Waals surface area contributed by atoms with E-state index in [9.17, 15) is 14.0 Å². The van der Waals surface area contributed by atoms with Crippen molar-refractivity contribution in [3.05, 3.63) is 22.6 Å². The van der Waals surface area contributed by atoms with E-state index in [2.05, 4.69) is 9.84 Å². The zero-order chi connectivity index (χ0) is 15.1. The van der Waals surface area contributed by atoms with Crippen LogP contribution in [0.4, 0.5) is 10.1 Å². The molecule has 8 heteroatoms. The van der Waals surface area contributed by atoms with Crippen LogP contribution in [0.3, 0.4) is 0 Å². The summed E-state index contributed by atoms with van der Waals surface area (Å²) in [5, 5.41) is 3.66. The normalized spacial score (nSPS) is 12.0. The number of rotatable bonds is 7. The summed E-state index contributed by atoms with van der Waals surface area (Å²) in [5.74, 6) is -1.14. The van der Waals surface area contributed by atoms with Gasteiger partial charge in [0, 0.05) is 26.8 Å². The van der Waals surface area contributed by atoms with Crippen molar-refractivity contribution >= 4 is 11.7 Å². The molecule has 0 aromatic carbocycles. The molecular formula is C12H18FN3O4. The number of halogens is 1. The van der Waals surface area contributed by atoms with Gasteiger partial charge in [-0.05, 0) is 6.92 Å². The number of ether oxygens (including phenoxy) is 2. The number of hydrogen-bond acceptors (Lipinski definition) is 6. The molecule has 0 N–H and O–H groups in total. The van der Waals surface area contributed by atoms with E-state index in [4.69, 9.17) is 4.74 Å². The van der Waals surface area contributed by atoms with Crippen molar-refractivity contribution in [2.45, 2.75) is 13.2 Å². The van der Waals surface area contributed by atoms with Crippen molar-refractivity contribution in [3.63, 3.8) is 0 Å². The molecular weight excluding hydrogens is 269 g/mol. The number of methoxy groups -OCH3 is 1. The van der Waals surface area contributed by atoms with Crippen LogP contribution in [-0.2, 0) is 14.3 Å². The third-order valence-electron chi connectivity index (χ3n) is 2.58. The minimum atomic E-state index is -2.24. The van der Waals surface area contributed by atoms with E-state index in [1.54, 1.807) is 26.0 Å². The van der Waals surface area contributed by atoms with Gasteiger partial charge in [-0.2, -0.15) is 9.78 Å². The highest BCUT2D eigenvalue weighted by Gasteiger charge is 2.23. The average Bonchev–Trinajstić information content (AvgIpc) is 2.44. The predicted octanol–water partition coefficient (Wildman–Crippen LogP) is 0.357. The Morgan fingerprint density at radius 3 is 2.85 bits per heavy atom. The standard InChI is InChI=1S/C12H18FN3O4/c1-4-20-12(18)11(13)16-10(17)7-9(8-14-16)15(2)5-6-19-3/h7-8,11H,4-6H2,1-3H3. The first-order chi connectivity index (χ1) is 9.51. The van der Waals surface area contributed by atoms with Crippen LogP contribution in [-0.4, -0.2) is 49.7 Å². The molecule has 7 nitrogen and oxygen atoms in total. The van der Waals surface area contributed by atoms with Gasteiger partial charge in [0.05, 0.1) is 25.1 Å². The molecule has 0 bridgehead atoms. The summed E-state index contributed by atoms with van der Waals surface area (Å²) in [6, 6.07) is 1.20. The van der Waals surface area contributed by atoms with Gasteiger partial charge in [0.2, 0.25) is 0 Å². The number of alkyl halides is 1. The van der Waals surface area contributed by atoms with E-state index in [-0.39, 0.29) is 6.61 Å². The average molecular weight is 287 g/mol. The van der Waals surface area contributed by atoms with Crippen LogP contribution >= 0.6 is 0 Å². The Hall–Kier alpha value is -1.96. The van der Waals surface area contributed by atoms with Gasteiger partial charge in [-0.3, -0.25) is 4.79 Å². The number of aromatic nitrogens is 2. The zero-order valence-electron chi connectivity index (χ0n) is 11.7. The molecule has 1 aromatic heterocycles. The summed E-state index contributed by atoms with van der Waals surface area (Å²) in [7, 11) is 3.31. The monoisotopic (exact) mass is 287 g/mol. The summed E-state index contributed by atoms with van der Waals surface area (Å²) in [6.45, 7) is 2.62. The topological polar surface area (TPSA) is 73.7 Å². The summed E-state index contributed by atoms with van der Waals surface area (Å²) < 4.78 is 23.6. The fraction of sp³-hybridized carbons (Fsp3) is 0.583. The molecule has 112 valence electrons. The van der Waals surface area contributed by atoms with E-state index in [1.807, 2.05) is 0 Å². The van der Waals surface area contributed by atoms with Gasteiger partial charge in [-0.1, -0.05) is 0 Å². The quantitative estimate of drug-likeness (QED) is 0.674. The lowest BCUT2D eigenvalue weighted by atomic mass is 10.4. The van der Waals surface area contributed by atoms with E-state index < -0.39 is 17.8 Å². The molecule has 0 aliphatic rings. The molecule has 1 aromatic rings. The molecule has 0 aliphatic heterocycles. The van der Waals surface area contributed by atoms with Crippen LogP contribution in [0.1, 0.15) is 13.2 Å². The highest BCUT2D eigenvalue weighted by Crippen LogP contribution is 2.10. The lowest BCUT2D eigenvalue weighted by Crippen LogP contribution is -2.32. The molecule has 1 heterocycles. The van der Waals surface area contributed by atoms with Gasteiger partial charge < -0.3 is 14.4 Å². The Labute approximate surface area is 115 Å². The van der Waals surface area contributed by atoms with Crippen LogP contribution in [0.5, 0.6) is 0 Å². The van der Waals surface area contributed by atoms with Crippen molar-refractivity contribution in [1.29, 1.82) is 0 Å². The van der Waals surface area contributed by atoms with E-state index >= 15 is 0 Å². The Morgan fingerprint density at radius 1 is 1.60 bits per heavy atom. The Bertz CT molecular complexity index is 506. The van der Waals surface area contributed by atoms with E-state index in [1.165, 1.54) is 12.3 Å². The first-order valence-corrected chi connectivity index (χ1v) is 6.11. The molecule has 20 heavy (non-hydrogen) atoms. The van der Waals surface area contributed by atoms with E-state index in [0.717, 1.165) is 0 Å². The van der Waals surface area contributed by atoms with Gasteiger partial charge in [-0.25, -0.2) is 9.18 Å². The molecule has 1 unspecified atom stereocenters. The molecule has 0 fully saturated rings. The van der Waals surface area contributed by atoms with Gasteiger partial charge in [0.1, 0.15) is 0 Å². The lowest BCUT2D eigenvalue weighted by molar-refractivity contribution is -0.153. The molecule has 1 rings (SSSR count). The molecule has 1 atom stereocenters. The van der Waals surface area contributed by atoms with Crippen LogP contribution in [0.2, 0.25) is 0 Å². The van der Waals surface area contributed by atoms with Crippen LogP contribution < -0.4 is 10.5 Å².